The average Bonchev–Trinajstić information content (AvgIpc) is 3.02. The van der Waals surface area contributed by atoms with Crippen LogP contribution in [0.25, 0.3) is 0 Å². The lowest BCUT2D eigenvalue weighted by Crippen LogP contribution is -2.55. The fraction of sp³-hybridized carbons (Fsp3) is 0.769. The molecular weight excluding hydrogens is 473 g/mol. The number of amides is 2. The number of alkyl carbamates (subject to hydrolysis) is 1. The number of likely N-dealkylation sites (tertiary alicyclic amines) is 1. The summed E-state index contributed by atoms with van der Waals surface area (Å²) in [4.78, 5) is 38.6. The lowest BCUT2D eigenvalue weighted by molar-refractivity contribution is -0.135. The van der Waals surface area contributed by atoms with Crippen LogP contribution in [0, 0.1) is 5.92 Å². The Morgan fingerprint density at radius 2 is 1.62 bits per heavy atom. The summed E-state index contributed by atoms with van der Waals surface area (Å²) in [6.45, 7) is 18.5. The van der Waals surface area contributed by atoms with Crippen molar-refractivity contribution in [2.24, 2.45) is 5.92 Å². The zero-order valence-corrected chi connectivity index (χ0v) is 24.1. The number of carbonyl (C=O) groups excluding carboxylic acids is 2. The Morgan fingerprint density at radius 1 is 1.11 bits per heavy atom. The molecule has 1 aromatic rings. The third kappa shape index (κ3) is 6.93. The third-order valence-corrected chi connectivity index (χ3v) is 7.43. The van der Waals surface area contributed by atoms with Crippen LogP contribution in [0.5, 0.6) is 0 Å². The summed E-state index contributed by atoms with van der Waals surface area (Å²) in [6.07, 6.45) is 4.50. The molecule has 0 aromatic carbocycles. The quantitative estimate of drug-likeness (QED) is 0.575. The normalized spacial score (nSPS) is 20.6. The zero-order chi connectivity index (χ0) is 27.8. The average molecular weight is 517 g/mol. The Morgan fingerprint density at radius 3 is 2.08 bits per heavy atom. The van der Waals surface area contributed by atoms with Gasteiger partial charge in [0.05, 0.1) is 11.2 Å². The molecule has 1 N–H and O–H groups in total. The SMILES string of the molecule is CC(C)C(NC(=O)OC(C)(C)C)C(=O)N1CCC(N(C)c2ncc(B3OC(C)(C)C(C)(C)O3)cn2)CC1. The highest BCUT2D eigenvalue weighted by Crippen LogP contribution is 2.36. The van der Waals surface area contributed by atoms with Crippen molar-refractivity contribution < 1.29 is 23.6 Å². The molecule has 2 fully saturated rings. The Balaban J connectivity index is 1.56. The van der Waals surface area contributed by atoms with Crippen LogP contribution in [0.2, 0.25) is 0 Å². The second-order valence-electron chi connectivity index (χ2n) is 12.4. The number of nitrogens with zero attached hydrogens (tertiary/aromatic N) is 4. The summed E-state index contributed by atoms with van der Waals surface area (Å²) < 4.78 is 17.6. The van der Waals surface area contributed by atoms with E-state index in [0.717, 1.165) is 18.3 Å². The number of hydrogen-bond donors (Lipinski definition) is 1. The van der Waals surface area contributed by atoms with Crippen molar-refractivity contribution >= 4 is 30.5 Å². The molecule has 1 unspecified atom stereocenters. The fourth-order valence-electron chi connectivity index (χ4n) is 4.40. The molecule has 2 aliphatic heterocycles. The minimum absolute atomic E-state index is 0.0590. The number of piperidine rings is 1. The predicted molar refractivity (Wildman–Crippen MR) is 144 cm³/mol. The zero-order valence-electron chi connectivity index (χ0n) is 24.1. The van der Waals surface area contributed by atoms with Crippen molar-refractivity contribution in [3.05, 3.63) is 12.4 Å². The van der Waals surface area contributed by atoms with E-state index in [2.05, 4.69) is 20.2 Å². The van der Waals surface area contributed by atoms with E-state index in [1.54, 1.807) is 33.2 Å². The van der Waals surface area contributed by atoms with Crippen LogP contribution in [0.3, 0.4) is 0 Å². The van der Waals surface area contributed by atoms with E-state index in [4.69, 9.17) is 14.0 Å². The molecule has 0 spiro atoms. The summed E-state index contributed by atoms with van der Waals surface area (Å²) >= 11 is 0. The van der Waals surface area contributed by atoms with Crippen LogP contribution >= 0.6 is 0 Å². The van der Waals surface area contributed by atoms with Gasteiger partial charge in [-0.2, -0.15) is 0 Å². The first kappa shape index (κ1) is 29.2. The van der Waals surface area contributed by atoms with Crippen molar-refractivity contribution in [1.82, 2.24) is 20.2 Å². The maximum absolute atomic E-state index is 13.2. The topological polar surface area (TPSA) is 106 Å². The molecule has 10 nitrogen and oxygen atoms in total. The molecule has 3 rings (SSSR count). The third-order valence-electron chi connectivity index (χ3n) is 7.43. The van der Waals surface area contributed by atoms with E-state index in [9.17, 15) is 9.59 Å². The second kappa shape index (κ2) is 10.8. The summed E-state index contributed by atoms with van der Waals surface area (Å²) in [5, 5.41) is 2.77. The van der Waals surface area contributed by atoms with Gasteiger partial charge in [0.15, 0.2) is 0 Å². The molecule has 1 atom stereocenters. The number of nitrogens with one attached hydrogen (secondary N) is 1. The van der Waals surface area contributed by atoms with Crippen molar-refractivity contribution in [3.8, 4) is 0 Å². The number of carbonyl (C=O) groups is 2. The monoisotopic (exact) mass is 517 g/mol. The van der Waals surface area contributed by atoms with Crippen LogP contribution < -0.4 is 15.7 Å². The van der Waals surface area contributed by atoms with E-state index in [0.29, 0.717) is 19.0 Å². The van der Waals surface area contributed by atoms with Gasteiger partial charge in [-0.15, -0.1) is 0 Å². The second-order valence-corrected chi connectivity index (χ2v) is 12.4. The fourth-order valence-corrected chi connectivity index (χ4v) is 4.40. The number of anilines is 1. The predicted octanol–water partition coefficient (Wildman–Crippen LogP) is 2.75. The lowest BCUT2D eigenvalue weighted by atomic mass is 9.81. The molecular formula is C26H44BN5O5. The molecule has 2 aliphatic rings. The maximum atomic E-state index is 13.2. The van der Waals surface area contributed by atoms with Gasteiger partial charge in [-0.25, -0.2) is 14.8 Å². The van der Waals surface area contributed by atoms with E-state index >= 15 is 0 Å². The van der Waals surface area contributed by atoms with Crippen LogP contribution in [0.1, 0.15) is 75.2 Å². The minimum atomic E-state index is -0.630. The number of ether oxygens (including phenoxy) is 1. The minimum Gasteiger partial charge on any atom is -0.444 e. The molecule has 0 saturated carbocycles. The van der Waals surface area contributed by atoms with Crippen LogP contribution in [0.15, 0.2) is 12.4 Å². The van der Waals surface area contributed by atoms with Crippen molar-refractivity contribution in [2.75, 3.05) is 25.0 Å². The highest BCUT2D eigenvalue weighted by atomic mass is 16.7. The van der Waals surface area contributed by atoms with Gasteiger partial charge in [0.1, 0.15) is 11.6 Å². The molecule has 2 saturated heterocycles. The van der Waals surface area contributed by atoms with E-state index < -0.39 is 36.1 Å². The first-order valence-corrected chi connectivity index (χ1v) is 13.2. The lowest BCUT2D eigenvalue weighted by Gasteiger charge is -2.38. The van der Waals surface area contributed by atoms with Gasteiger partial charge in [0.25, 0.3) is 0 Å². The molecule has 2 amide bonds. The van der Waals surface area contributed by atoms with Crippen LogP contribution in [-0.2, 0) is 18.8 Å². The molecule has 0 aliphatic carbocycles. The summed E-state index contributed by atoms with van der Waals surface area (Å²) in [6, 6.07) is -0.432. The Labute approximate surface area is 222 Å². The van der Waals surface area contributed by atoms with Gasteiger partial charge >= 0.3 is 13.2 Å². The van der Waals surface area contributed by atoms with Gasteiger partial charge in [-0.3, -0.25) is 4.79 Å². The first-order chi connectivity index (χ1) is 17.0. The molecule has 0 radical (unpaired) electrons. The molecule has 0 bridgehead atoms. The summed E-state index contributed by atoms with van der Waals surface area (Å²) in [7, 11) is 1.48. The van der Waals surface area contributed by atoms with Gasteiger partial charge in [-0.05, 0) is 67.2 Å². The first-order valence-electron chi connectivity index (χ1n) is 13.2. The van der Waals surface area contributed by atoms with Gasteiger partial charge in [0, 0.05) is 44.0 Å². The van der Waals surface area contributed by atoms with E-state index in [-0.39, 0.29) is 17.9 Å². The van der Waals surface area contributed by atoms with E-state index in [1.807, 2.05) is 53.5 Å². The van der Waals surface area contributed by atoms with Gasteiger partial charge < -0.3 is 29.2 Å². The Bertz CT molecular complexity index is 939. The maximum Gasteiger partial charge on any atom is 0.498 e. The number of rotatable bonds is 6. The van der Waals surface area contributed by atoms with Crippen LogP contribution in [0.4, 0.5) is 10.7 Å². The highest BCUT2D eigenvalue weighted by Gasteiger charge is 2.52. The smallest absolute Gasteiger partial charge is 0.444 e. The van der Waals surface area contributed by atoms with Crippen molar-refractivity contribution in [3.63, 3.8) is 0 Å². The van der Waals surface area contributed by atoms with E-state index in [1.165, 1.54) is 0 Å². The summed E-state index contributed by atoms with van der Waals surface area (Å²) in [5.41, 5.74) is -0.679. The van der Waals surface area contributed by atoms with Crippen molar-refractivity contribution in [2.45, 2.75) is 104 Å². The van der Waals surface area contributed by atoms with Crippen molar-refractivity contribution in [1.29, 1.82) is 0 Å². The Hall–Kier alpha value is -2.40. The number of hydrogen-bond acceptors (Lipinski definition) is 8. The number of aromatic nitrogens is 2. The van der Waals surface area contributed by atoms with Gasteiger partial charge in [-0.1, -0.05) is 13.8 Å². The van der Waals surface area contributed by atoms with Crippen LogP contribution in [-0.4, -0.2) is 83.0 Å². The summed E-state index contributed by atoms with van der Waals surface area (Å²) in [5.74, 6) is 0.484. The molecule has 206 valence electrons. The molecule has 11 heteroatoms. The molecule has 3 heterocycles. The molecule has 1 aromatic heterocycles. The Kier molecular flexibility index (Phi) is 8.49. The van der Waals surface area contributed by atoms with Gasteiger partial charge in [0.2, 0.25) is 11.9 Å². The standard InChI is InChI=1S/C26H44BN5O5/c1-17(2)20(30-23(34)35-24(3,4)5)21(33)32-13-11-19(12-14-32)31(10)22-28-15-18(16-29-22)27-36-25(6,7)26(8,9)37-27/h15-17,19-20H,11-14H2,1-10H3,(H,30,34). The highest BCUT2D eigenvalue weighted by molar-refractivity contribution is 6.61. The molecule has 37 heavy (non-hydrogen) atoms. The largest absolute Gasteiger partial charge is 0.498 e.